The number of carbonyl (C=O) groups excluding carboxylic acids is 1. The van der Waals surface area contributed by atoms with Crippen molar-refractivity contribution in [2.24, 2.45) is 0 Å². The molecule has 0 bridgehead atoms. The van der Waals surface area contributed by atoms with Crippen LogP contribution in [0.4, 0.5) is 11.4 Å². The number of para-hydroxylation sites is 1. The van der Waals surface area contributed by atoms with Gasteiger partial charge in [-0.25, -0.2) is 0 Å². The Labute approximate surface area is 150 Å². The Morgan fingerprint density at radius 2 is 2.08 bits per heavy atom. The molecular formula is C19H19N5O2. The third kappa shape index (κ3) is 3.89. The van der Waals surface area contributed by atoms with Crippen molar-refractivity contribution in [3.63, 3.8) is 0 Å². The van der Waals surface area contributed by atoms with Crippen molar-refractivity contribution in [1.82, 2.24) is 9.78 Å². The van der Waals surface area contributed by atoms with E-state index in [1.54, 1.807) is 48.5 Å². The minimum absolute atomic E-state index is 0.191. The van der Waals surface area contributed by atoms with Crippen molar-refractivity contribution in [1.29, 1.82) is 5.41 Å². The van der Waals surface area contributed by atoms with Crippen molar-refractivity contribution in [3.05, 3.63) is 72.1 Å². The first-order valence-corrected chi connectivity index (χ1v) is 7.97. The van der Waals surface area contributed by atoms with Crippen molar-refractivity contribution in [3.8, 4) is 5.75 Å². The van der Waals surface area contributed by atoms with Crippen LogP contribution in [0.5, 0.6) is 5.75 Å². The standard InChI is InChI=1S/C19H19N5O2/c1-26-15-6-4-5-13(9-15)11-24-12-14(10-22-24)23-19(25)18(21)16-7-2-3-8-17(16)20/h2-10,12,21H,11,20H2,1H3,(H,23,25). The molecule has 1 heterocycles. The number of carbonyl (C=O) groups is 1. The zero-order valence-electron chi connectivity index (χ0n) is 14.3. The van der Waals surface area contributed by atoms with Crippen molar-refractivity contribution >= 4 is 23.0 Å². The Morgan fingerprint density at radius 1 is 1.27 bits per heavy atom. The van der Waals surface area contributed by atoms with Crippen molar-refractivity contribution in [2.75, 3.05) is 18.2 Å². The number of nitrogens with zero attached hydrogens (tertiary/aromatic N) is 2. The molecule has 3 aromatic rings. The molecule has 0 aliphatic carbocycles. The molecular weight excluding hydrogens is 330 g/mol. The van der Waals surface area contributed by atoms with Gasteiger partial charge < -0.3 is 15.8 Å². The molecule has 26 heavy (non-hydrogen) atoms. The first-order chi connectivity index (χ1) is 12.6. The second-order valence-electron chi connectivity index (χ2n) is 5.69. The van der Waals surface area contributed by atoms with Crippen LogP contribution >= 0.6 is 0 Å². The van der Waals surface area contributed by atoms with Gasteiger partial charge >= 0.3 is 0 Å². The molecule has 0 atom stereocenters. The lowest BCUT2D eigenvalue weighted by Gasteiger charge is -2.07. The summed E-state index contributed by atoms with van der Waals surface area (Å²) >= 11 is 0. The number of amides is 1. The topological polar surface area (TPSA) is 106 Å². The summed E-state index contributed by atoms with van der Waals surface area (Å²) < 4.78 is 6.91. The minimum atomic E-state index is -0.538. The average Bonchev–Trinajstić information content (AvgIpc) is 3.08. The summed E-state index contributed by atoms with van der Waals surface area (Å²) in [6.45, 7) is 0.538. The van der Waals surface area contributed by atoms with Gasteiger partial charge in [0.25, 0.3) is 5.91 Å². The zero-order chi connectivity index (χ0) is 18.5. The number of nitrogens with one attached hydrogen (secondary N) is 2. The molecule has 0 spiro atoms. The summed E-state index contributed by atoms with van der Waals surface area (Å²) in [4.78, 5) is 12.3. The predicted octanol–water partition coefficient (Wildman–Crippen LogP) is 2.53. The van der Waals surface area contributed by atoms with E-state index in [1.807, 2.05) is 24.3 Å². The second kappa shape index (κ2) is 7.52. The molecule has 0 fully saturated rings. The van der Waals surface area contributed by atoms with Gasteiger partial charge in [0.15, 0.2) is 0 Å². The maximum atomic E-state index is 12.3. The second-order valence-corrected chi connectivity index (χ2v) is 5.69. The van der Waals surface area contributed by atoms with Gasteiger partial charge in [-0.1, -0.05) is 30.3 Å². The summed E-state index contributed by atoms with van der Waals surface area (Å²) in [7, 11) is 1.62. The number of benzene rings is 2. The van der Waals surface area contributed by atoms with Crippen molar-refractivity contribution in [2.45, 2.75) is 6.54 Å². The molecule has 7 heteroatoms. The normalized spacial score (nSPS) is 10.3. The molecule has 132 valence electrons. The summed E-state index contributed by atoms with van der Waals surface area (Å²) in [5.41, 5.74) is 7.95. The molecule has 1 amide bonds. The number of anilines is 2. The number of nitrogen functional groups attached to an aromatic ring is 1. The molecule has 0 aliphatic heterocycles. The maximum Gasteiger partial charge on any atom is 0.274 e. The van der Waals surface area contributed by atoms with E-state index in [0.717, 1.165) is 11.3 Å². The van der Waals surface area contributed by atoms with Crippen LogP contribution < -0.4 is 15.8 Å². The van der Waals surface area contributed by atoms with E-state index in [4.69, 9.17) is 15.9 Å². The fourth-order valence-corrected chi connectivity index (χ4v) is 2.51. The van der Waals surface area contributed by atoms with Gasteiger partial charge in [0.1, 0.15) is 11.5 Å². The van der Waals surface area contributed by atoms with Gasteiger partial charge in [0.05, 0.1) is 25.5 Å². The highest BCUT2D eigenvalue weighted by Crippen LogP contribution is 2.15. The molecule has 0 aliphatic rings. The highest BCUT2D eigenvalue weighted by Gasteiger charge is 2.15. The molecule has 2 aromatic carbocycles. The lowest BCUT2D eigenvalue weighted by atomic mass is 10.1. The van der Waals surface area contributed by atoms with Crippen LogP contribution in [0.2, 0.25) is 0 Å². The number of aromatic nitrogens is 2. The average molecular weight is 349 g/mol. The number of methoxy groups -OCH3 is 1. The first kappa shape index (κ1) is 17.2. The molecule has 0 saturated heterocycles. The fourth-order valence-electron chi connectivity index (χ4n) is 2.51. The van der Waals surface area contributed by atoms with Crippen LogP contribution in [0.3, 0.4) is 0 Å². The number of hydrogen-bond donors (Lipinski definition) is 3. The Bertz CT molecular complexity index is 948. The number of hydrogen-bond acceptors (Lipinski definition) is 5. The molecule has 0 unspecified atom stereocenters. The molecule has 0 saturated carbocycles. The third-order valence-electron chi connectivity index (χ3n) is 3.83. The number of nitrogens with two attached hydrogens (primary N) is 1. The van der Waals surface area contributed by atoms with Crippen molar-refractivity contribution < 1.29 is 9.53 Å². The lowest BCUT2D eigenvalue weighted by Crippen LogP contribution is -2.23. The van der Waals surface area contributed by atoms with Crippen LogP contribution in [0.25, 0.3) is 0 Å². The van der Waals surface area contributed by atoms with E-state index in [1.165, 1.54) is 0 Å². The molecule has 0 radical (unpaired) electrons. The molecule has 7 nitrogen and oxygen atoms in total. The first-order valence-electron chi connectivity index (χ1n) is 7.97. The van der Waals surface area contributed by atoms with Crippen LogP contribution in [-0.4, -0.2) is 28.5 Å². The van der Waals surface area contributed by atoms with E-state index in [2.05, 4.69) is 10.4 Å². The van der Waals surface area contributed by atoms with E-state index in [9.17, 15) is 4.79 Å². The summed E-state index contributed by atoms with van der Waals surface area (Å²) in [5.74, 6) is 0.237. The van der Waals surface area contributed by atoms with E-state index in [0.29, 0.717) is 23.5 Å². The fraction of sp³-hybridized carbons (Fsp3) is 0.105. The van der Waals surface area contributed by atoms with Gasteiger partial charge in [-0.05, 0) is 23.8 Å². The van der Waals surface area contributed by atoms with Crippen LogP contribution in [0.15, 0.2) is 60.9 Å². The van der Waals surface area contributed by atoms with E-state index >= 15 is 0 Å². The number of rotatable bonds is 6. The molecule has 3 rings (SSSR count). The monoisotopic (exact) mass is 349 g/mol. The highest BCUT2D eigenvalue weighted by molar-refractivity contribution is 6.48. The summed E-state index contributed by atoms with van der Waals surface area (Å²) in [6, 6.07) is 14.5. The van der Waals surface area contributed by atoms with Gasteiger partial charge in [0.2, 0.25) is 0 Å². The van der Waals surface area contributed by atoms with Crippen LogP contribution in [-0.2, 0) is 11.3 Å². The van der Waals surface area contributed by atoms with Gasteiger partial charge in [-0.2, -0.15) is 5.10 Å². The predicted molar refractivity (Wildman–Crippen MR) is 101 cm³/mol. The van der Waals surface area contributed by atoms with Gasteiger partial charge in [0, 0.05) is 17.4 Å². The smallest absolute Gasteiger partial charge is 0.274 e. The third-order valence-corrected chi connectivity index (χ3v) is 3.83. The number of ether oxygens (including phenoxy) is 1. The maximum absolute atomic E-state index is 12.3. The van der Waals surface area contributed by atoms with E-state index < -0.39 is 5.91 Å². The largest absolute Gasteiger partial charge is 0.497 e. The summed E-state index contributed by atoms with van der Waals surface area (Å²) in [5, 5.41) is 14.9. The Balaban J connectivity index is 1.67. The van der Waals surface area contributed by atoms with Gasteiger partial charge in [-0.3, -0.25) is 14.9 Å². The Morgan fingerprint density at radius 3 is 2.85 bits per heavy atom. The van der Waals surface area contributed by atoms with Gasteiger partial charge in [-0.15, -0.1) is 0 Å². The SMILES string of the molecule is COc1cccc(Cn2cc(NC(=O)C(=N)c3ccccc3N)cn2)c1. The van der Waals surface area contributed by atoms with Crippen LogP contribution in [0.1, 0.15) is 11.1 Å². The lowest BCUT2D eigenvalue weighted by molar-refractivity contribution is -0.110. The minimum Gasteiger partial charge on any atom is -0.497 e. The van der Waals surface area contributed by atoms with E-state index in [-0.39, 0.29) is 5.71 Å². The zero-order valence-corrected chi connectivity index (χ0v) is 14.3. The van der Waals surface area contributed by atoms with Crippen LogP contribution in [0, 0.1) is 5.41 Å². The molecule has 1 aromatic heterocycles. The highest BCUT2D eigenvalue weighted by atomic mass is 16.5. The Hall–Kier alpha value is -3.61. The Kier molecular flexibility index (Phi) is 4.98. The quantitative estimate of drug-likeness (QED) is 0.469. The molecule has 4 N–H and O–H groups in total. The summed E-state index contributed by atoms with van der Waals surface area (Å²) in [6.07, 6.45) is 3.25.